The van der Waals surface area contributed by atoms with Crippen LogP contribution in [0, 0.1) is 12.8 Å². The topological polar surface area (TPSA) is 67.2 Å². The molecule has 2 N–H and O–H groups in total. The van der Waals surface area contributed by atoms with E-state index in [1.54, 1.807) is 24.0 Å². The lowest BCUT2D eigenvalue weighted by Gasteiger charge is -2.29. The third-order valence-corrected chi connectivity index (χ3v) is 4.49. The van der Waals surface area contributed by atoms with Crippen LogP contribution in [0.2, 0.25) is 0 Å². The van der Waals surface area contributed by atoms with E-state index in [0.29, 0.717) is 5.56 Å². The van der Waals surface area contributed by atoms with Crippen LogP contribution in [0.15, 0.2) is 36.7 Å². The minimum atomic E-state index is -0.920. The van der Waals surface area contributed by atoms with E-state index in [-0.39, 0.29) is 18.4 Å². The molecule has 0 aliphatic carbocycles. The van der Waals surface area contributed by atoms with E-state index in [2.05, 4.69) is 10.4 Å². The van der Waals surface area contributed by atoms with Crippen molar-refractivity contribution in [3.63, 3.8) is 0 Å². The van der Waals surface area contributed by atoms with E-state index >= 15 is 0 Å². The van der Waals surface area contributed by atoms with Crippen LogP contribution in [-0.4, -0.2) is 32.9 Å². The normalized spacial score (nSPS) is 15.0. The highest BCUT2D eigenvalue weighted by Crippen LogP contribution is 2.19. The molecule has 23 heavy (non-hydrogen) atoms. The lowest BCUT2D eigenvalue weighted by atomic mass is 9.88. The number of aliphatic hydroxyl groups is 1. The van der Waals surface area contributed by atoms with Crippen LogP contribution >= 0.6 is 0 Å². The number of aromatic nitrogens is 2. The third kappa shape index (κ3) is 3.99. The van der Waals surface area contributed by atoms with Crippen molar-refractivity contribution in [2.75, 3.05) is 6.54 Å². The number of nitrogens with zero attached hydrogens (tertiary/aromatic N) is 2. The number of nitrogens with one attached hydrogen (secondary N) is 1. The summed E-state index contributed by atoms with van der Waals surface area (Å²) in [6.07, 6.45) is 4.10. The van der Waals surface area contributed by atoms with Crippen molar-refractivity contribution < 1.29 is 9.90 Å². The molecule has 5 nitrogen and oxygen atoms in total. The lowest BCUT2D eigenvalue weighted by Crippen LogP contribution is -2.45. The van der Waals surface area contributed by atoms with Gasteiger partial charge in [-0.05, 0) is 31.4 Å². The summed E-state index contributed by atoms with van der Waals surface area (Å²) in [5, 5.41) is 17.4. The maximum Gasteiger partial charge on any atom is 0.254 e. The molecule has 0 spiro atoms. The van der Waals surface area contributed by atoms with Crippen LogP contribution in [0.5, 0.6) is 0 Å². The summed E-state index contributed by atoms with van der Waals surface area (Å²) in [5.41, 5.74) is 1.59. The molecule has 1 heterocycles. The van der Waals surface area contributed by atoms with E-state index < -0.39 is 5.60 Å². The molecule has 124 valence electrons. The predicted molar refractivity (Wildman–Crippen MR) is 90.7 cm³/mol. The number of aryl methyl sites for hydroxylation is 1. The fourth-order valence-electron chi connectivity index (χ4n) is 2.37. The highest BCUT2D eigenvalue weighted by Gasteiger charge is 2.27. The molecule has 0 bridgehead atoms. The first-order valence-corrected chi connectivity index (χ1v) is 7.96. The Morgan fingerprint density at radius 1 is 1.43 bits per heavy atom. The van der Waals surface area contributed by atoms with E-state index in [1.807, 2.05) is 45.0 Å². The van der Waals surface area contributed by atoms with Crippen molar-refractivity contribution in [2.24, 2.45) is 5.92 Å². The summed E-state index contributed by atoms with van der Waals surface area (Å²) < 4.78 is 1.69. The van der Waals surface area contributed by atoms with Gasteiger partial charge in [-0.25, -0.2) is 4.68 Å². The number of amides is 1. The number of rotatable bonds is 6. The second kappa shape index (κ2) is 6.96. The molecule has 0 saturated carbocycles. The zero-order valence-corrected chi connectivity index (χ0v) is 14.2. The Kier molecular flexibility index (Phi) is 5.21. The van der Waals surface area contributed by atoms with Crippen molar-refractivity contribution in [1.82, 2.24) is 15.1 Å². The molecule has 0 radical (unpaired) electrons. The molecular weight excluding hydrogens is 290 g/mol. The summed E-state index contributed by atoms with van der Waals surface area (Å²) in [5.74, 6) is -0.120. The van der Waals surface area contributed by atoms with Gasteiger partial charge in [-0.3, -0.25) is 4.79 Å². The fraction of sp³-hybridized carbons (Fsp3) is 0.444. The van der Waals surface area contributed by atoms with Gasteiger partial charge in [-0.2, -0.15) is 5.10 Å². The summed E-state index contributed by atoms with van der Waals surface area (Å²) in [6, 6.07) is 7.86. The van der Waals surface area contributed by atoms with Gasteiger partial charge < -0.3 is 10.4 Å². The van der Waals surface area contributed by atoms with Gasteiger partial charge in [0.15, 0.2) is 0 Å². The van der Waals surface area contributed by atoms with E-state index in [0.717, 1.165) is 17.7 Å². The van der Waals surface area contributed by atoms with Crippen LogP contribution in [0.3, 0.4) is 0 Å². The average molecular weight is 315 g/mol. The molecule has 1 aromatic carbocycles. The first-order chi connectivity index (χ1) is 10.8. The minimum absolute atomic E-state index is 0.109. The SMILES string of the molecule is CCC(C)C(C)(O)CNC(=O)c1cnn(-c2ccccc2C)c1. The average Bonchev–Trinajstić information content (AvgIpc) is 3.02. The monoisotopic (exact) mass is 315 g/mol. The van der Waals surface area contributed by atoms with Crippen LogP contribution in [0.25, 0.3) is 5.69 Å². The summed E-state index contributed by atoms with van der Waals surface area (Å²) in [4.78, 5) is 12.3. The van der Waals surface area contributed by atoms with Crippen LogP contribution in [-0.2, 0) is 0 Å². The van der Waals surface area contributed by atoms with Crippen LogP contribution in [0.1, 0.15) is 43.1 Å². The van der Waals surface area contributed by atoms with Gasteiger partial charge in [0.1, 0.15) is 0 Å². The Balaban J connectivity index is 2.06. The molecule has 0 saturated heterocycles. The largest absolute Gasteiger partial charge is 0.388 e. The minimum Gasteiger partial charge on any atom is -0.388 e. The van der Waals surface area contributed by atoms with Gasteiger partial charge in [0, 0.05) is 12.7 Å². The lowest BCUT2D eigenvalue weighted by molar-refractivity contribution is 0.00592. The molecule has 2 aromatic rings. The van der Waals surface area contributed by atoms with Gasteiger partial charge in [-0.15, -0.1) is 0 Å². The van der Waals surface area contributed by atoms with Crippen LogP contribution in [0.4, 0.5) is 0 Å². The van der Waals surface area contributed by atoms with Crippen LogP contribution < -0.4 is 5.32 Å². The molecule has 2 unspecified atom stereocenters. The van der Waals surface area contributed by atoms with Gasteiger partial charge >= 0.3 is 0 Å². The van der Waals surface area contributed by atoms with Crippen molar-refractivity contribution in [3.8, 4) is 5.69 Å². The van der Waals surface area contributed by atoms with Gasteiger partial charge in [-0.1, -0.05) is 38.5 Å². The Morgan fingerprint density at radius 3 is 2.78 bits per heavy atom. The molecule has 1 aromatic heterocycles. The zero-order valence-electron chi connectivity index (χ0n) is 14.2. The molecule has 0 aliphatic rings. The summed E-state index contributed by atoms with van der Waals surface area (Å²) >= 11 is 0. The Morgan fingerprint density at radius 2 is 2.13 bits per heavy atom. The Hall–Kier alpha value is -2.14. The molecule has 5 heteroatoms. The molecular formula is C18H25N3O2. The maximum absolute atomic E-state index is 12.3. The van der Waals surface area contributed by atoms with E-state index in [1.165, 1.54) is 0 Å². The second-order valence-corrected chi connectivity index (χ2v) is 6.31. The quantitative estimate of drug-likeness (QED) is 0.861. The third-order valence-electron chi connectivity index (χ3n) is 4.49. The van der Waals surface area contributed by atoms with Crippen molar-refractivity contribution in [3.05, 3.63) is 47.8 Å². The van der Waals surface area contributed by atoms with Gasteiger partial charge in [0.2, 0.25) is 0 Å². The van der Waals surface area contributed by atoms with Crippen molar-refractivity contribution in [2.45, 2.75) is 39.7 Å². The van der Waals surface area contributed by atoms with Gasteiger partial charge in [0.05, 0.1) is 23.0 Å². The number of benzene rings is 1. The Labute approximate surface area is 137 Å². The smallest absolute Gasteiger partial charge is 0.254 e. The van der Waals surface area contributed by atoms with Crippen molar-refractivity contribution in [1.29, 1.82) is 0 Å². The highest BCUT2D eigenvalue weighted by molar-refractivity contribution is 5.93. The first-order valence-electron chi connectivity index (χ1n) is 7.96. The molecule has 0 aliphatic heterocycles. The zero-order chi connectivity index (χ0) is 17.0. The second-order valence-electron chi connectivity index (χ2n) is 6.31. The first kappa shape index (κ1) is 17.2. The fourth-order valence-corrected chi connectivity index (χ4v) is 2.37. The standard InChI is InChI=1S/C18H25N3O2/c1-5-14(3)18(4,23)12-19-17(22)15-10-20-21(11-15)16-9-7-6-8-13(16)2/h6-11,14,23H,5,12H2,1-4H3,(H,19,22). The molecule has 2 rings (SSSR count). The number of carbonyl (C=O) groups excluding carboxylic acids is 1. The number of hydrogen-bond acceptors (Lipinski definition) is 3. The molecule has 1 amide bonds. The number of carbonyl (C=O) groups is 1. The maximum atomic E-state index is 12.3. The molecule has 2 atom stereocenters. The van der Waals surface area contributed by atoms with E-state index in [9.17, 15) is 9.90 Å². The number of hydrogen-bond donors (Lipinski definition) is 2. The number of para-hydroxylation sites is 1. The highest BCUT2D eigenvalue weighted by atomic mass is 16.3. The van der Waals surface area contributed by atoms with Gasteiger partial charge in [0.25, 0.3) is 5.91 Å². The van der Waals surface area contributed by atoms with Crippen molar-refractivity contribution >= 4 is 5.91 Å². The summed E-state index contributed by atoms with van der Waals surface area (Å²) in [7, 11) is 0. The molecule has 0 fully saturated rings. The Bertz CT molecular complexity index is 676. The summed E-state index contributed by atoms with van der Waals surface area (Å²) in [6.45, 7) is 7.96. The predicted octanol–water partition coefficient (Wildman–Crippen LogP) is 2.71. The van der Waals surface area contributed by atoms with E-state index in [4.69, 9.17) is 0 Å².